The van der Waals surface area contributed by atoms with Gasteiger partial charge in [-0.1, -0.05) is 6.42 Å². The van der Waals surface area contributed by atoms with E-state index in [1.165, 1.54) is 45.2 Å². The molecule has 108 valence electrons. The lowest BCUT2D eigenvalue weighted by Gasteiger charge is -2.33. The first-order chi connectivity index (χ1) is 8.27. The Morgan fingerprint density at radius 3 is 2.72 bits per heavy atom. The van der Waals surface area contributed by atoms with Crippen LogP contribution in [0.15, 0.2) is 4.99 Å². The second-order valence-corrected chi connectivity index (χ2v) is 4.84. The van der Waals surface area contributed by atoms with Gasteiger partial charge in [-0.15, -0.1) is 24.0 Å². The number of piperidine rings is 1. The predicted molar refractivity (Wildman–Crippen MR) is 90.0 cm³/mol. The first-order valence-corrected chi connectivity index (χ1v) is 6.90. The molecule has 0 radical (unpaired) electrons. The molecule has 5 heteroatoms. The van der Waals surface area contributed by atoms with Crippen molar-refractivity contribution >= 4 is 29.9 Å². The zero-order valence-corrected chi connectivity index (χ0v) is 14.4. The van der Waals surface area contributed by atoms with Crippen molar-refractivity contribution < 1.29 is 0 Å². The van der Waals surface area contributed by atoms with E-state index < -0.39 is 0 Å². The molecule has 1 aliphatic rings. The Bertz CT molecular complexity index is 233. The minimum atomic E-state index is 0. The minimum Gasteiger partial charge on any atom is -0.359 e. The number of aliphatic imine (C=N–C) groups is 1. The van der Waals surface area contributed by atoms with Crippen molar-refractivity contribution in [3.8, 4) is 0 Å². The van der Waals surface area contributed by atoms with Gasteiger partial charge in [0.1, 0.15) is 0 Å². The molecule has 1 saturated heterocycles. The largest absolute Gasteiger partial charge is 0.359 e. The summed E-state index contributed by atoms with van der Waals surface area (Å²) in [6, 6.07) is 0.793. The van der Waals surface area contributed by atoms with Crippen LogP contribution in [-0.4, -0.2) is 50.6 Å². The lowest BCUT2D eigenvalue weighted by atomic mass is 10.0. The van der Waals surface area contributed by atoms with E-state index >= 15 is 0 Å². The highest BCUT2D eigenvalue weighted by Gasteiger charge is 2.16. The monoisotopic (exact) mass is 368 g/mol. The molecule has 0 aromatic rings. The van der Waals surface area contributed by atoms with Gasteiger partial charge in [0.15, 0.2) is 5.96 Å². The average Bonchev–Trinajstić information content (AvgIpc) is 2.36. The number of hydrogen-bond donors (Lipinski definition) is 2. The van der Waals surface area contributed by atoms with Crippen LogP contribution < -0.4 is 10.6 Å². The van der Waals surface area contributed by atoms with Crippen LogP contribution in [0.2, 0.25) is 0 Å². The van der Waals surface area contributed by atoms with E-state index in [1.807, 2.05) is 7.05 Å². The van der Waals surface area contributed by atoms with Gasteiger partial charge in [-0.3, -0.25) is 4.99 Å². The molecular weight excluding hydrogens is 339 g/mol. The second kappa shape index (κ2) is 10.8. The number of likely N-dealkylation sites (tertiary alicyclic amines) is 1. The highest BCUT2D eigenvalue weighted by molar-refractivity contribution is 14.0. The molecule has 0 saturated carbocycles. The summed E-state index contributed by atoms with van der Waals surface area (Å²) in [6.07, 6.45) is 6.67. The van der Waals surface area contributed by atoms with Crippen LogP contribution in [0.5, 0.6) is 0 Å². The van der Waals surface area contributed by atoms with Crippen molar-refractivity contribution in [3.63, 3.8) is 0 Å². The van der Waals surface area contributed by atoms with Crippen molar-refractivity contribution in [1.29, 1.82) is 0 Å². The Hall–Kier alpha value is -0.0400. The topological polar surface area (TPSA) is 39.7 Å². The van der Waals surface area contributed by atoms with Gasteiger partial charge < -0.3 is 15.5 Å². The number of unbranched alkanes of at least 4 members (excludes halogenated alkanes) is 1. The number of nitrogens with one attached hydrogen (secondary N) is 2. The molecule has 1 unspecified atom stereocenters. The van der Waals surface area contributed by atoms with Crippen LogP contribution in [-0.2, 0) is 0 Å². The van der Waals surface area contributed by atoms with E-state index in [1.54, 1.807) is 7.05 Å². The maximum atomic E-state index is 4.09. The quantitative estimate of drug-likeness (QED) is 0.338. The molecule has 2 N–H and O–H groups in total. The van der Waals surface area contributed by atoms with Crippen LogP contribution >= 0.6 is 24.0 Å². The summed E-state index contributed by atoms with van der Waals surface area (Å²) in [5, 5.41) is 6.32. The van der Waals surface area contributed by atoms with Crippen LogP contribution in [0.4, 0.5) is 0 Å². The zero-order chi connectivity index (χ0) is 12.5. The van der Waals surface area contributed by atoms with E-state index in [2.05, 4.69) is 27.4 Å². The van der Waals surface area contributed by atoms with Crippen LogP contribution in [0.25, 0.3) is 0 Å². The molecule has 1 atom stereocenters. The Balaban J connectivity index is 0.00000289. The molecule has 0 aromatic carbocycles. The second-order valence-electron chi connectivity index (χ2n) is 4.84. The lowest BCUT2D eigenvalue weighted by molar-refractivity contribution is 0.158. The van der Waals surface area contributed by atoms with Crippen molar-refractivity contribution in [2.24, 2.45) is 4.99 Å². The fraction of sp³-hybridized carbons (Fsp3) is 0.923. The maximum absolute atomic E-state index is 4.09. The van der Waals surface area contributed by atoms with E-state index in [0.29, 0.717) is 0 Å². The molecule has 1 heterocycles. The van der Waals surface area contributed by atoms with Gasteiger partial charge in [-0.05, 0) is 45.7 Å². The minimum absolute atomic E-state index is 0. The number of guanidine groups is 1. The Labute approximate surface area is 129 Å². The third kappa shape index (κ3) is 6.78. The van der Waals surface area contributed by atoms with Gasteiger partial charge in [0.05, 0.1) is 0 Å². The smallest absolute Gasteiger partial charge is 0.190 e. The van der Waals surface area contributed by atoms with E-state index in [0.717, 1.165) is 18.5 Å². The summed E-state index contributed by atoms with van der Waals surface area (Å²) in [7, 11) is 3.69. The van der Waals surface area contributed by atoms with Gasteiger partial charge in [-0.25, -0.2) is 0 Å². The summed E-state index contributed by atoms with van der Waals surface area (Å²) in [6.45, 7) is 5.92. The standard InChI is InChI=1S/C13H28N4.HI/c1-12-8-4-6-10-17(12)11-7-5-9-16-13(14-2)15-3;/h12H,4-11H2,1-3H3,(H2,14,15,16);1H. The van der Waals surface area contributed by atoms with E-state index in [9.17, 15) is 0 Å². The molecular formula is C13H29IN4. The number of halogens is 1. The fourth-order valence-corrected chi connectivity index (χ4v) is 2.42. The van der Waals surface area contributed by atoms with Crippen LogP contribution in [0, 0.1) is 0 Å². The molecule has 0 aromatic heterocycles. The summed E-state index contributed by atoms with van der Waals surface area (Å²) in [4.78, 5) is 6.73. The van der Waals surface area contributed by atoms with E-state index in [4.69, 9.17) is 0 Å². The maximum Gasteiger partial charge on any atom is 0.190 e. The average molecular weight is 368 g/mol. The third-order valence-corrected chi connectivity index (χ3v) is 3.57. The zero-order valence-electron chi connectivity index (χ0n) is 12.0. The van der Waals surface area contributed by atoms with Crippen LogP contribution in [0.3, 0.4) is 0 Å². The molecule has 0 bridgehead atoms. The van der Waals surface area contributed by atoms with Gasteiger partial charge in [-0.2, -0.15) is 0 Å². The van der Waals surface area contributed by atoms with Gasteiger partial charge in [0, 0.05) is 26.7 Å². The van der Waals surface area contributed by atoms with E-state index in [-0.39, 0.29) is 24.0 Å². The van der Waals surface area contributed by atoms with Crippen molar-refractivity contribution in [2.45, 2.75) is 45.1 Å². The van der Waals surface area contributed by atoms with Crippen molar-refractivity contribution in [3.05, 3.63) is 0 Å². The first kappa shape index (κ1) is 18.0. The summed E-state index contributed by atoms with van der Waals surface area (Å²) in [5.41, 5.74) is 0. The molecule has 0 aliphatic carbocycles. The highest BCUT2D eigenvalue weighted by atomic mass is 127. The Morgan fingerprint density at radius 1 is 1.33 bits per heavy atom. The summed E-state index contributed by atoms with van der Waals surface area (Å²) >= 11 is 0. The van der Waals surface area contributed by atoms with Crippen LogP contribution in [0.1, 0.15) is 39.0 Å². The van der Waals surface area contributed by atoms with Gasteiger partial charge in [0.25, 0.3) is 0 Å². The fourth-order valence-electron chi connectivity index (χ4n) is 2.42. The first-order valence-electron chi connectivity index (χ1n) is 6.90. The number of hydrogen-bond acceptors (Lipinski definition) is 2. The SMILES string of the molecule is CN=C(NC)NCCCCN1CCCCC1C.I. The molecule has 4 nitrogen and oxygen atoms in total. The lowest BCUT2D eigenvalue weighted by Crippen LogP contribution is -2.38. The number of rotatable bonds is 5. The predicted octanol–water partition coefficient (Wildman–Crippen LogP) is 2.05. The highest BCUT2D eigenvalue weighted by Crippen LogP contribution is 2.16. The third-order valence-electron chi connectivity index (χ3n) is 3.57. The molecule has 1 rings (SSSR count). The Morgan fingerprint density at radius 2 is 2.11 bits per heavy atom. The van der Waals surface area contributed by atoms with Crippen molar-refractivity contribution in [1.82, 2.24) is 15.5 Å². The molecule has 1 fully saturated rings. The molecule has 0 amide bonds. The molecule has 1 aliphatic heterocycles. The number of nitrogens with zero attached hydrogens (tertiary/aromatic N) is 2. The molecule has 18 heavy (non-hydrogen) atoms. The summed E-state index contributed by atoms with van der Waals surface area (Å²) < 4.78 is 0. The van der Waals surface area contributed by atoms with Gasteiger partial charge in [0.2, 0.25) is 0 Å². The van der Waals surface area contributed by atoms with Crippen molar-refractivity contribution in [2.75, 3.05) is 33.7 Å². The summed E-state index contributed by atoms with van der Waals surface area (Å²) in [5.74, 6) is 0.886. The Kier molecular flexibility index (Phi) is 10.8. The normalized spacial score (nSPS) is 21.3. The van der Waals surface area contributed by atoms with Gasteiger partial charge >= 0.3 is 0 Å². The molecule has 0 spiro atoms.